The summed E-state index contributed by atoms with van der Waals surface area (Å²) in [6, 6.07) is 11.3. The van der Waals surface area contributed by atoms with E-state index in [0.29, 0.717) is 41.7 Å². The van der Waals surface area contributed by atoms with Gasteiger partial charge in [-0.15, -0.1) is 0 Å². The average Bonchev–Trinajstić information content (AvgIpc) is 3.04. The second kappa shape index (κ2) is 7.76. The highest BCUT2D eigenvalue weighted by atomic mass is 16.6. The fourth-order valence-corrected chi connectivity index (χ4v) is 4.67. The minimum atomic E-state index is -0.283. The molecule has 1 saturated heterocycles. The number of carbonyl (C=O) groups is 2. The number of piperidine rings is 1. The molecule has 0 radical (unpaired) electrons. The van der Waals surface area contributed by atoms with Crippen molar-refractivity contribution in [2.75, 3.05) is 31.2 Å². The highest BCUT2D eigenvalue weighted by Gasteiger charge is 2.43. The van der Waals surface area contributed by atoms with Gasteiger partial charge in [0, 0.05) is 19.2 Å². The number of likely N-dealkylation sites (tertiary alicyclic amines) is 1. The van der Waals surface area contributed by atoms with E-state index in [9.17, 15) is 9.59 Å². The first kappa shape index (κ1) is 19.7. The summed E-state index contributed by atoms with van der Waals surface area (Å²) >= 11 is 0. The van der Waals surface area contributed by atoms with Gasteiger partial charge in [-0.25, -0.2) is 4.90 Å². The zero-order valence-corrected chi connectivity index (χ0v) is 17.9. The third kappa shape index (κ3) is 3.36. The van der Waals surface area contributed by atoms with E-state index in [0.717, 1.165) is 49.0 Å². The van der Waals surface area contributed by atoms with E-state index >= 15 is 0 Å². The fraction of sp³-hybridized carbons (Fsp3) is 0.360. The summed E-state index contributed by atoms with van der Waals surface area (Å²) in [4.78, 5) is 30.8. The Morgan fingerprint density at radius 3 is 2.29 bits per heavy atom. The van der Waals surface area contributed by atoms with E-state index in [4.69, 9.17) is 9.47 Å². The summed E-state index contributed by atoms with van der Waals surface area (Å²) in [7, 11) is 0. The van der Waals surface area contributed by atoms with E-state index < -0.39 is 0 Å². The van der Waals surface area contributed by atoms with Crippen LogP contribution in [0.5, 0.6) is 11.5 Å². The summed E-state index contributed by atoms with van der Waals surface area (Å²) in [6.45, 7) is 6.54. The van der Waals surface area contributed by atoms with Crippen molar-refractivity contribution >= 4 is 23.1 Å². The Bertz CT molecular complexity index is 1100. The number of amides is 2. The van der Waals surface area contributed by atoms with Crippen LogP contribution in [0.25, 0.3) is 5.57 Å². The molecule has 3 aliphatic heterocycles. The zero-order valence-electron chi connectivity index (χ0n) is 17.9. The molecule has 31 heavy (non-hydrogen) atoms. The molecular weight excluding hydrogens is 392 g/mol. The lowest BCUT2D eigenvalue weighted by Gasteiger charge is -2.30. The second-order valence-electron chi connectivity index (χ2n) is 8.36. The van der Waals surface area contributed by atoms with Gasteiger partial charge in [-0.3, -0.25) is 9.59 Å². The van der Waals surface area contributed by atoms with Gasteiger partial charge in [0.25, 0.3) is 11.8 Å². The van der Waals surface area contributed by atoms with Crippen LogP contribution in [0.1, 0.15) is 36.0 Å². The Labute approximate surface area is 182 Å². The SMILES string of the molecule is Cc1ccc(C2=C(N3CCCCC3)C(=O)N(c3ccc4c(c3)OCCO4)C2=O)c(C)c1. The van der Waals surface area contributed by atoms with Crippen molar-refractivity contribution in [3.8, 4) is 11.5 Å². The minimum absolute atomic E-state index is 0.265. The van der Waals surface area contributed by atoms with Crippen molar-refractivity contribution in [3.05, 3.63) is 58.8 Å². The van der Waals surface area contributed by atoms with Crippen molar-refractivity contribution < 1.29 is 19.1 Å². The van der Waals surface area contributed by atoms with Crippen molar-refractivity contribution in [1.82, 2.24) is 4.90 Å². The van der Waals surface area contributed by atoms with Crippen LogP contribution in [-0.2, 0) is 9.59 Å². The number of fused-ring (bicyclic) bond motifs is 1. The van der Waals surface area contributed by atoms with Gasteiger partial charge in [-0.1, -0.05) is 23.8 Å². The molecule has 1 fully saturated rings. The van der Waals surface area contributed by atoms with Gasteiger partial charge in [0.2, 0.25) is 0 Å². The molecule has 0 bridgehead atoms. The molecule has 6 nitrogen and oxygen atoms in total. The predicted molar refractivity (Wildman–Crippen MR) is 118 cm³/mol. The van der Waals surface area contributed by atoms with Crippen molar-refractivity contribution in [3.63, 3.8) is 0 Å². The van der Waals surface area contributed by atoms with E-state index in [2.05, 4.69) is 11.0 Å². The summed E-state index contributed by atoms with van der Waals surface area (Å²) in [5.74, 6) is 0.643. The molecule has 0 atom stereocenters. The third-order valence-electron chi connectivity index (χ3n) is 6.17. The first-order chi connectivity index (χ1) is 15.0. The number of ether oxygens (including phenoxy) is 2. The van der Waals surface area contributed by atoms with Crippen LogP contribution in [0.2, 0.25) is 0 Å². The average molecular weight is 418 g/mol. The van der Waals surface area contributed by atoms with E-state index in [-0.39, 0.29) is 11.8 Å². The van der Waals surface area contributed by atoms with Gasteiger partial charge < -0.3 is 14.4 Å². The molecule has 2 amide bonds. The predicted octanol–water partition coefficient (Wildman–Crippen LogP) is 3.85. The highest BCUT2D eigenvalue weighted by molar-refractivity contribution is 6.45. The van der Waals surface area contributed by atoms with Crippen LogP contribution >= 0.6 is 0 Å². The molecule has 5 rings (SSSR count). The molecule has 2 aromatic rings. The number of anilines is 1. The lowest BCUT2D eigenvalue weighted by Crippen LogP contribution is -2.37. The molecular formula is C25H26N2O4. The maximum Gasteiger partial charge on any atom is 0.282 e. The van der Waals surface area contributed by atoms with Crippen molar-refractivity contribution in [1.29, 1.82) is 0 Å². The number of rotatable bonds is 3. The number of aryl methyl sites for hydroxylation is 2. The van der Waals surface area contributed by atoms with E-state index in [1.165, 1.54) is 4.90 Å². The largest absolute Gasteiger partial charge is 0.486 e. The van der Waals surface area contributed by atoms with Crippen LogP contribution < -0.4 is 14.4 Å². The Hall–Kier alpha value is -3.28. The molecule has 3 aliphatic rings. The number of benzene rings is 2. The van der Waals surface area contributed by atoms with Gasteiger partial charge in [-0.05, 0) is 56.4 Å². The van der Waals surface area contributed by atoms with E-state index in [1.807, 2.05) is 26.0 Å². The highest BCUT2D eigenvalue weighted by Crippen LogP contribution is 2.40. The molecule has 0 unspecified atom stereocenters. The van der Waals surface area contributed by atoms with Gasteiger partial charge in [0.1, 0.15) is 18.9 Å². The van der Waals surface area contributed by atoms with E-state index in [1.54, 1.807) is 18.2 Å². The van der Waals surface area contributed by atoms with Crippen LogP contribution in [-0.4, -0.2) is 43.0 Å². The Kier molecular flexibility index (Phi) is 4.93. The molecule has 0 aromatic heterocycles. The first-order valence-corrected chi connectivity index (χ1v) is 10.9. The molecule has 0 saturated carbocycles. The normalized spacial score (nSPS) is 18.8. The maximum atomic E-state index is 13.7. The van der Waals surface area contributed by atoms with Gasteiger partial charge in [-0.2, -0.15) is 0 Å². The van der Waals surface area contributed by atoms with Gasteiger partial charge >= 0.3 is 0 Å². The molecule has 0 spiro atoms. The second-order valence-corrected chi connectivity index (χ2v) is 8.36. The van der Waals surface area contributed by atoms with Crippen LogP contribution in [0.15, 0.2) is 42.1 Å². The molecule has 0 N–H and O–H groups in total. The molecule has 6 heteroatoms. The minimum Gasteiger partial charge on any atom is -0.486 e. The monoisotopic (exact) mass is 418 g/mol. The first-order valence-electron chi connectivity index (χ1n) is 10.9. The molecule has 160 valence electrons. The van der Waals surface area contributed by atoms with Gasteiger partial charge in [0.05, 0.1) is 11.3 Å². The maximum absolute atomic E-state index is 13.7. The van der Waals surface area contributed by atoms with Crippen LogP contribution in [0.3, 0.4) is 0 Å². The Morgan fingerprint density at radius 2 is 1.55 bits per heavy atom. The third-order valence-corrected chi connectivity index (χ3v) is 6.17. The fourth-order valence-electron chi connectivity index (χ4n) is 4.67. The quantitative estimate of drug-likeness (QED) is 0.709. The number of hydrogen-bond acceptors (Lipinski definition) is 5. The number of nitrogens with zero attached hydrogens (tertiary/aromatic N) is 2. The smallest absolute Gasteiger partial charge is 0.282 e. The van der Waals surface area contributed by atoms with Crippen molar-refractivity contribution in [2.24, 2.45) is 0 Å². The Morgan fingerprint density at radius 1 is 0.806 bits per heavy atom. The zero-order chi connectivity index (χ0) is 21.5. The van der Waals surface area contributed by atoms with Crippen molar-refractivity contribution in [2.45, 2.75) is 33.1 Å². The lowest BCUT2D eigenvalue weighted by atomic mass is 9.97. The Balaban J connectivity index is 1.61. The topological polar surface area (TPSA) is 59.1 Å². The number of hydrogen-bond donors (Lipinski definition) is 0. The molecule has 2 aromatic carbocycles. The lowest BCUT2D eigenvalue weighted by molar-refractivity contribution is -0.120. The summed E-state index contributed by atoms with van der Waals surface area (Å²) in [5.41, 5.74) is 4.47. The number of imide groups is 1. The molecule has 3 heterocycles. The summed E-state index contributed by atoms with van der Waals surface area (Å²) in [5, 5.41) is 0. The van der Waals surface area contributed by atoms with Crippen LogP contribution in [0.4, 0.5) is 5.69 Å². The standard InChI is InChI=1S/C25H26N2O4/c1-16-6-8-19(17(2)14-16)22-23(26-10-4-3-5-11-26)25(29)27(24(22)28)18-7-9-20-21(15-18)31-13-12-30-20/h6-9,14-15H,3-5,10-13H2,1-2H3. The summed E-state index contributed by atoms with van der Waals surface area (Å²) < 4.78 is 11.3. The van der Waals surface area contributed by atoms with Gasteiger partial charge in [0.15, 0.2) is 11.5 Å². The van der Waals surface area contributed by atoms with Crippen LogP contribution in [0, 0.1) is 13.8 Å². The number of carbonyl (C=O) groups excluding carboxylic acids is 2. The molecule has 0 aliphatic carbocycles. The summed E-state index contributed by atoms with van der Waals surface area (Å²) in [6.07, 6.45) is 3.20.